The Hall–Kier alpha value is -2.30. The highest BCUT2D eigenvalue weighted by Crippen LogP contribution is 2.40. The van der Waals surface area contributed by atoms with E-state index in [2.05, 4.69) is 4.98 Å². The summed E-state index contributed by atoms with van der Waals surface area (Å²) in [4.78, 5) is 9.12. The molecule has 1 aliphatic rings. The first-order valence-corrected chi connectivity index (χ1v) is 7.00. The van der Waals surface area contributed by atoms with Crippen LogP contribution in [0.5, 0.6) is 11.5 Å². The van der Waals surface area contributed by atoms with E-state index >= 15 is 0 Å². The summed E-state index contributed by atoms with van der Waals surface area (Å²) in [5, 5.41) is 0. The second-order valence-electron chi connectivity index (χ2n) is 5.28. The van der Waals surface area contributed by atoms with Crippen molar-refractivity contribution in [1.82, 2.24) is 9.97 Å². The van der Waals surface area contributed by atoms with E-state index in [0.29, 0.717) is 23.2 Å². The van der Waals surface area contributed by atoms with Gasteiger partial charge in [-0.15, -0.1) is 0 Å². The third-order valence-corrected chi connectivity index (χ3v) is 3.80. The van der Waals surface area contributed by atoms with Gasteiger partial charge in [-0.1, -0.05) is 0 Å². The number of benzene rings is 1. The maximum Gasteiger partial charge on any atom is 0.161 e. The molecular weight excluding hydrogens is 266 g/mol. The fourth-order valence-electron chi connectivity index (χ4n) is 2.34. The normalized spacial score (nSPS) is 14.0. The highest BCUT2D eigenvalue weighted by molar-refractivity contribution is 5.70. The maximum absolute atomic E-state index is 6.04. The molecule has 3 rings (SSSR count). The topological polar surface area (TPSA) is 70.3 Å². The summed E-state index contributed by atoms with van der Waals surface area (Å²) in [5.41, 5.74) is 8.76. The van der Waals surface area contributed by atoms with Crippen LogP contribution in [-0.2, 0) is 0 Å². The van der Waals surface area contributed by atoms with Crippen molar-refractivity contribution in [3.8, 4) is 22.8 Å². The van der Waals surface area contributed by atoms with Crippen molar-refractivity contribution in [2.45, 2.75) is 25.7 Å². The molecule has 0 spiro atoms. The zero-order chi connectivity index (χ0) is 15.0. The van der Waals surface area contributed by atoms with Gasteiger partial charge in [0.1, 0.15) is 11.6 Å². The van der Waals surface area contributed by atoms with Crippen molar-refractivity contribution in [1.29, 1.82) is 0 Å². The predicted octanol–water partition coefficient (Wildman–Crippen LogP) is 2.93. The smallest absolute Gasteiger partial charge is 0.161 e. The van der Waals surface area contributed by atoms with Gasteiger partial charge >= 0.3 is 0 Å². The van der Waals surface area contributed by atoms with E-state index in [1.54, 1.807) is 14.2 Å². The Bertz CT molecular complexity index is 681. The first kappa shape index (κ1) is 13.7. The van der Waals surface area contributed by atoms with E-state index in [-0.39, 0.29) is 0 Å². The minimum absolute atomic E-state index is 0.465. The minimum Gasteiger partial charge on any atom is -0.493 e. The average Bonchev–Trinajstić information content (AvgIpc) is 3.34. The van der Waals surface area contributed by atoms with Gasteiger partial charge in [-0.2, -0.15) is 0 Å². The fourth-order valence-corrected chi connectivity index (χ4v) is 2.34. The molecule has 2 N–H and O–H groups in total. The molecule has 1 saturated carbocycles. The predicted molar refractivity (Wildman–Crippen MR) is 81.7 cm³/mol. The molecular formula is C16H19N3O2. The van der Waals surface area contributed by atoms with Crippen LogP contribution in [0.25, 0.3) is 11.3 Å². The molecule has 2 aromatic rings. The van der Waals surface area contributed by atoms with Gasteiger partial charge in [0, 0.05) is 17.0 Å². The van der Waals surface area contributed by atoms with Gasteiger partial charge in [-0.05, 0) is 38.0 Å². The summed E-state index contributed by atoms with van der Waals surface area (Å²) in [7, 11) is 3.25. The monoisotopic (exact) mass is 285 g/mol. The van der Waals surface area contributed by atoms with Crippen molar-refractivity contribution in [2.24, 2.45) is 0 Å². The third-order valence-electron chi connectivity index (χ3n) is 3.80. The molecule has 110 valence electrons. The molecule has 5 heteroatoms. The number of hydrogen-bond donors (Lipinski definition) is 1. The van der Waals surface area contributed by atoms with Crippen LogP contribution in [0.4, 0.5) is 5.82 Å². The van der Waals surface area contributed by atoms with Crippen LogP contribution in [0.2, 0.25) is 0 Å². The number of rotatable bonds is 4. The average molecular weight is 285 g/mol. The summed E-state index contributed by atoms with van der Waals surface area (Å²) in [5.74, 6) is 3.24. The van der Waals surface area contributed by atoms with Gasteiger partial charge in [0.05, 0.1) is 19.9 Å². The zero-order valence-electron chi connectivity index (χ0n) is 12.5. The highest BCUT2D eigenvalue weighted by Gasteiger charge is 2.28. The number of ether oxygens (including phenoxy) is 2. The SMILES string of the molecule is COc1ccc(-c2nc(C3CC3)nc(N)c2C)cc1OC. The highest BCUT2D eigenvalue weighted by atomic mass is 16.5. The molecule has 0 radical (unpaired) electrons. The van der Waals surface area contributed by atoms with E-state index in [1.807, 2.05) is 25.1 Å². The lowest BCUT2D eigenvalue weighted by Crippen LogP contribution is -2.04. The van der Waals surface area contributed by atoms with Gasteiger partial charge in [0.25, 0.3) is 0 Å². The molecule has 1 aromatic heterocycles. The van der Waals surface area contributed by atoms with Crippen LogP contribution >= 0.6 is 0 Å². The Morgan fingerprint density at radius 3 is 2.43 bits per heavy atom. The van der Waals surface area contributed by atoms with Crippen LogP contribution in [0.3, 0.4) is 0 Å². The molecule has 0 amide bonds. The zero-order valence-corrected chi connectivity index (χ0v) is 12.5. The molecule has 1 aliphatic carbocycles. The summed E-state index contributed by atoms with van der Waals surface area (Å²) in [6.07, 6.45) is 2.29. The number of nitrogen functional groups attached to an aromatic ring is 1. The van der Waals surface area contributed by atoms with E-state index in [1.165, 1.54) is 0 Å². The minimum atomic E-state index is 0.465. The first-order valence-electron chi connectivity index (χ1n) is 7.00. The van der Waals surface area contributed by atoms with E-state index in [0.717, 1.165) is 35.5 Å². The molecule has 5 nitrogen and oxygen atoms in total. The van der Waals surface area contributed by atoms with Crippen molar-refractivity contribution < 1.29 is 9.47 Å². The Kier molecular flexibility index (Phi) is 3.41. The third kappa shape index (κ3) is 2.51. The van der Waals surface area contributed by atoms with Gasteiger partial charge in [0.15, 0.2) is 11.5 Å². The number of nitrogens with zero attached hydrogens (tertiary/aromatic N) is 2. The van der Waals surface area contributed by atoms with Crippen molar-refractivity contribution in [3.63, 3.8) is 0 Å². The molecule has 0 aliphatic heterocycles. The van der Waals surface area contributed by atoms with Gasteiger partial charge in [0.2, 0.25) is 0 Å². The van der Waals surface area contributed by atoms with Gasteiger partial charge < -0.3 is 15.2 Å². The van der Waals surface area contributed by atoms with Crippen molar-refractivity contribution in [3.05, 3.63) is 29.6 Å². The standard InChI is InChI=1S/C16H19N3O2/c1-9-14(18-16(10-4-5-10)19-15(9)17)11-6-7-12(20-2)13(8-11)21-3/h6-8,10H,4-5H2,1-3H3,(H2,17,18,19). The lowest BCUT2D eigenvalue weighted by molar-refractivity contribution is 0.355. The van der Waals surface area contributed by atoms with Gasteiger partial charge in [-0.25, -0.2) is 9.97 Å². The lowest BCUT2D eigenvalue weighted by Gasteiger charge is -2.12. The fraction of sp³-hybridized carbons (Fsp3) is 0.375. The summed E-state index contributed by atoms with van der Waals surface area (Å²) < 4.78 is 10.6. The Labute approximate surface area is 124 Å². The molecule has 0 unspecified atom stereocenters. The van der Waals surface area contributed by atoms with Gasteiger partial charge in [-0.3, -0.25) is 0 Å². The van der Waals surface area contributed by atoms with Crippen molar-refractivity contribution >= 4 is 5.82 Å². The van der Waals surface area contributed by atoms with E-state index in [9.17, 15) is 0 Å². The van der Waals surface area contributed by atoms with Crippen molar-refractivity contribution in [2.75, 3.05) is 20.0 Å². The molecule has 21 heavy (non-hydrogen) atoms. The van der Waals surface area contributed by atoms with Crippen LogP contribution in [0, 0.1) is 6.92 Å². The number of hydrogen-bond acceptors (Lipinski definition) is 5. The van der Waals surface area contributed by atoms with Crippen LogP contribution in [0.15, 0.2) is 18.2 Å². The molecule has 0 saturated heterocycles. The molecule has 0 bridgehead atoms. The van der Waals surface area contributed by atoms with Crippen LogP contribution < -0.4 is 15.2 Å². The lowest BCUT2D eigenvalue weighted by atomic mass is 10.1. The Balaban J connectivity index is 2.11. The van der Waals surface area contributed by atoms with E-state index < -0.39 is 0 Å². The molecule has 1 fully saturated rings. The number of anilines is 1. The number of aromatic nitrogens is 2. The summed E-state index contributed by atoms with van der Waals surface area (Å²) in [6.45, 7) is 1.94. The first-order chi connectivity index (χ1) is 10.1. The largest absolute Gasteiger partial charge is 0.493 e. The Morgan fingerprint density at radius 2 is 1.81 bits per heavy atom. The van der Waals surface area contributed by atoms with E-state index in [4.69, 9.17) is 20.2 Å². The summed E-state index contributed by atoms with van der Waals surface area (Å²) >= 11 is 0. The maximum atomic E-state index is 6.04. The second kappa shape index (κ2) is 5.24. The quantitative estimate of drug-likeness (QED) is 0.935. The number of methoxy groups -OCH3 is 2. The molecule has 1 aromatic carbocycles. The Morgan fingerprint density at radius 1 is 1.10 bits per heavy atom. The molecule has 0 atom stereocenters. The van der Waals surface area contributed by atoms with Crippen LogP contribution in [0.1, 0.15) is 30.1 Å². The number of nitrogens with two attached hydrogens (primary N) is 1. The molecule has 1 heterocycles. The summed E-state index contributed by atoms with van der Waals surface area (Å²) in [6, 6.07) is 5.76. The second-order valence-corrected chi connectivity index (χ2v) is 5.28. The van der Waals surface area contributed by atoms with Crippen LogP contribution in [-0.4, -0.2) is 24.2 Å².